The lowest BCUT2D eigenvalue weighted by Gasteiger charge is -2.01. The predicted molar refractivity (Wildman–Crippen MR) is 55.4 cm³/mol. The summed E-state index contributed by atoms with van der Waals surface area (Å²) in [5.74, 6) is 0. The Morgan fingerprint density at radius 1 is 1.10 bits per heavy atom. The van der Waals surface area contributed by atoms with E-state index in [0.29, 0.717) is 6.10 Å². The summed E-state index contributed by atoms with van der Waals surface area (Å²) in [5, 5.41) is 0. The first-order valence-electron chi connectivity index (χ1n) is 3.80. The molecule has 1 nitrogen and oxygen atoms in total. The van der Waals surface area contributed by atoms with Gasteiger partial charge in [-0.05, 0) is 13.8 Å². The van der Waals surface area contributed by atoms with Crippen LogP contribution in [0.15, 0.2) is 0 Å². The first-order valence-corrected chi connectivity index (χ1v) is 8.62. The van der Waals surface area contributed by atoms with Gasteiger partial charge in [0.2, 0.25) is 0 Å². The zero-order valence-electron chi connectivity index (χ0n) is 8.49. The SMILES string of the molecule is CC(C)O[SiH3].C[Si](C)(C)C. The summed E-state index contributed by atoms with van der Waals surface area (Å²) in [5.41, 5.74) is 0. The van der Waals surface area contributed by atoms with Gasteiger partial charge in [-0.25, -0.2) is 0 Å². The lowest BCUT2D eigenvalue weighted by molar-refractivity contribution is 0.267. The summed E-state index contributed by atoms with van der Waals surface area (Å²) in [6.07, 6.45) is 0.446. The van der Waals surface area contributed by atoms with Crippen LogP contribution in [0.1, 0.15) is 13.8 Å². The van der Waals surface area contributed by atoms with Crippen LogP contribution in [-0.4, -0.2) is 24.7 Å². The van der Waals surface area contributed by atoms with Crippen LogP contribution in [0.4, 0.5) is 0 Å². The average molecular weight is 178 g/mol. The van der Waals surface area contributed by atoms with Gasteiger partial charge >= 0.3 is 0 Å². The van der Waals surface area contributed by atoms with Crippen molar-refractivity contribution in [2.24, 2.45) is 0 Å². The Morgan fingerprint density at radius 3 is 1.20 bits per heavy atom. The summed E-state index contributed by atoms with van der Waals surface area (Å²) in [4.78, 5) is 0. The van der Waals surface area contributed by atoms with Crippen LogP contribution in [0.2, 0.25) is 26.2 Å². The van der Waals surface area contributed by atoms with Crippen LogP contribution in [0.5, 0.6) is 0 Å². The molecule has 10 heavy (non-hydrogen) atoms. The van der Waals surface area contributed by atoms with Crippen molar-refractivity contribution in [1.29, 1.82) is 0 Å². The van der Waals surface area contributed by atoms with Crippen molar-refractivity contribution in [2.75, 3.05) is 0 Å². The van der Waals surface area contributed by atoms with Crippen LogP contribution < -0.4 is 0 Å². The molecule has 0 radical (unpaired) electrons. The lowest BCUT2D eigenvalue weighted by atomic mass is 10.5. The zero-order valence-corrected chi connectivity index (χ0v) is 11.5. The third kappa shape index (κ3) is 80.1. The molecule has 0 aromatic rings. The highest BCUT2D eigenvalue weighted by Gasteiger charge is 1.99. The molecule has 0 rings (SSSR count). The van der Waals surface area contributed by atoms with E-state index in [4.69, 9.17) is 4.43 Å². The normalized spacial score (nSPS) is 11.1. The van der Waals surface area contributed by atoms with E-state index >= 15 is 0 Å². The van der Waals surface area contributed by atoms with Gasteiger partial charge in [0.1, 0.15) is 10.5 Å². The predicted octanol–water partition coefficient (Wildman–Crippen LogP) is 1.65. The van der Waals surface area contributed by atoms with Crippen LogP contribution in [-0.2, 0) is 4.43 Å². The third-order valence-corrected chi connectivity index (χ3v) is 1.41. The van der Waals surface area contributed by atoms with Crippen molar-refractivity contribution in [2.45, 2.75) is 46.1 Å². The van der Waals surface area contributed by atoms with Crippen LogP contribution in [0.25, 0.3) is 0 Å². The van der Waals surface area contributed by atoms with Crippen molar-refractivity contribution in [1.82, 2.24) is 0 Å². The molecule has 0 atom stereocenters. The molecule has 0 unspecified atom stereocenters. The van der Waals surface area contributed by atoms with Crippen LogP contribution in [0, 0.1) is 0 Å². The van der Waals surface area contributed by atoms with Gasteiger partial charge < -0.3 is 4.43 Å². The number of hydrogen-bond acceptors (Lipinski definition) is 1. The minimum Gasteiger partial charge on any atom is -0.426 e. The molecule has 0 aliphatic rings. The fourth-order valence-electron chi connectivity index (χ4n) is 0. The van der Waals surface area contributed by atoms with Gasteiger partial charge in [0.05, 0.1) is 0 Å². The maximum Gasteiger partial charge on any atom is 0.146 e. The maximum absolute atomic E-state index is 4.89. The first kappa shape index (κ1) is 13.0. The van der Waals surface area contributed by atoms with Gasteiger partial charge in [0.25, 0.3) is 0 Å². The van der Waals surface area contributed by atoms with E-state index in [1.54, 1.807) is 0 Å². The monoisotopic (exact) mass is 178 g/mol. The molecule has 0 aromatic heterocycles. The largest absolute Gasteiger partial charge is 0.426 e. The maximum atomic E-state index is 4.89. The fraction of sp³-hybridized carbons (Fsp3) is 1.00. The van der Waals surface area contributed by atoms with E-state index in [9.17, 15) is 0 Å². The van der Waals surface area contributed by atoms with Gasteiger partial charge in [-0.15, -0.1) is 0 Å². The average Bonchev–Trinajstić information content (AvgIpc) is 1.61. The molecule has 0 N–H and O–H groups in total. The molecule has 0 amide bonds. The van der Waals surface area contributed by atoms with Crippen molar-refractivity contribution < 1.29 is 4.43 Å². The molecule has 0 aliphatic carbocycles. The van der Waals surface area contributed by atoms with E-state index in [-0.39, 0.29) is 0 Å². The molecule has 0 aromatic carbocycles. The molecule has 0 spiro atoms. The molecule has 3 heteroatoms. The van der Waals surface area contributed by atoms with Gasteiger partial charge in [0.15, 0.2) is 0 Å². The second-order valence-corrected chi connectivity index (χ2v) is 10.8. The molecular weight excluding hydrogens is 156 g/mol. The summed E-state index contributed by atoms with van der Waals surface area (Å²) >= 11 is 0. The standard InChI is InChI=1S/C4H12Si.C3H10OSi/c1-5(2,3)4;1-3(2)4-5/h1-4H3;3H,1-2,5H3. The van der Waals surface area contributed by atoms with Gasteiger partial charge in [0, 0.05) is 14.2 Å². The van der Waals surface area contributed by atoms with Crippen molar-refractivity contribution in [3.63, 3.8) is 0 Å². The van der Waals surface area contributed by atoms with Gasteiger partial charge in [-0.2, -0.15) is 0 Å². The van der Waals surface area contributed by atoms with Crippen molar-refractivity contribution in [3.05, 3.63) is 0 Å². The summed E-state index contributed by atoms with van der Waals surface area (Å²) in [6.45, 7) is 13.4. The van der Waals surface area contributed by atoms with Gasteiger partial charge in [-0.1, -0.05) is 26.2 Å². The van der Waals surface area contributed by atoms with Crippen LogP contribution >= 0.6 is 0 Å². The smallest absolute Gasteiger partial charge is 0.146 e. The minimum absolute atomic E-state index is 0.446. The first-order chi connectivity index (χ1) is 4.27. The highest BCUT2D eigenvalue weighted by molar-refractivity contribution is 6.74. The minimum atomic E-state index is -0.611. The molecule has 0 bridgehead atoms. The Morgan fingerprint density at radius 2 is 1.20 bits per heavy atom. The third-order valence-electron chi connectivity index (χ3n) is 0.471. The van der Waals surface area contributed by atoms with Crippen LogP contribution in [0.3, 0.4) is 0 Å². The molecule has 0 saturated heterocycles. The highest BCUT2D eigenvalue weighted by atomic mass is 28.3. The van der Waals surface area contributed by atoms with E-state index < -0.39 is 8.07 Å². The summed E-state index contributed by atoms with van der Waals surface area (Å²) in [6, 6.07) is 0. The Hall–Kier alpha value is 0.394. The number of hydrogen-bond donors (Lipinski definition) is 0. The van der Waals surface area contributed by atoms with E-state index in [1.165, 1.54) is 0 Å². The second-order valence-electron chi connectivity index (χ2n) is 4.28. The van der Waals surface area contributed by atoms with Gasteiger partial charge in [-0.3, -0.25) is 0 Å². The Balaban J connectivity index is 0. The summed E-state index contributed by atoms with van der Waals surface area (Å²) < 4.78 is 4.89. The molecule has 0 saturated carbocycles. The highest BCUT2D eigenvalue weighted by Crippen LogP contribution is 1.94. The Kier molecular flexibility index (Phi) is 7.98. The second kappa shape index (κ2) is 6.13. The van der Waals surface area contributed by atoms with Crippen molar-refractivity contribution >= 4 is 18.6 Å². The Labute approximate surface area is 69.7 Å². The number of rotatable bonds is 1. The molecule has 0 fully saturated rings. The lowest BCUT2D eigenvalue weighted by Crippen LogP contribution is -2.10. The molecule has 0 aliphatic heterocycles. The van der Waals surface area contributed by atoms with E-state index in [0.717, 1.165) is 10.5 Å². The van der Waals surface area contributed by atoms with E-state index in [2.05, 4.69) is 26.2 Å². The molecule has 0 heterocycles. The topological polar surface area (TPSA) is 9.23 Å². The summed E-state index contributed by atoms with van der Waals surface area (Å²) in [7, 11) is 0.262. The quantitative estimate of drug-likeness (QED) is 0.555. The zero-order chi connectivity index (χ0) is 8.78. The van der Waals surface area contributed by atoms with Crippen molar-refractivity contribution in [3.8, 4) is 0 Å². The van der Waals surface area contributed by atoms with E-state index in [1.807, 2.05) is 13.8 Å². The fourth-order valence-corrected chi connectivity index (χ4v) is 0. The molecular formula is C7H22OSi2. The molecule has 64 valence electrons. The Bertz CT molecular complexity index is 60.5.